The van der Waals surface area contributed by atoms with E-state index in [0.29, 0.717) is 11.1 Å². The van der Waals surface area contributed by atoms with E-state index in [0.717, 1.165) is 0 Å². The van der Waals surface area contributed by atoms with Crippen molar-refractivity contribution in [3.05, 3.63) is 108 Å². The quantitative estimate of drug-likeness (QED) is 0.277. The Hall–Kier alpha value is -4.35. The maximum atomic E-state index is 12.6. The third kappa shape index (κ3) is 6.50. The van der Waals surface area contributed by atoms with Crippen molar-refractivity contribution in [1.29, 1.82) is 0 Å². The van der Waals surface area contributed by atoms with Gasteiger partial charge in [-0.05, 0) is 61.4 Å². The fraction of sp³-hybridized carbons (Fsp3) is 0.0741. The van der Waals surface area contributed by atoms with Crippen LogP contribution in [0.2, 0.25) is 0 Å². The highest BCUT2D eigenvalue weighted by Gasteiger charge is 2.19. The Morgan fingerprint density at radius 1 is 0.579 bits per heavy atom. The second-order valence-electron chi connectivity index (χ2n) is 8.24. The third-order valence-corrected chi connectivity index (χ3v) is 7.85. The zero-order valence-electron chi connectivity index (χ0n) is 20.4. The van der Waals surface area contributed by atoms with Crippen LogP contribution in [0.15, 0.2) is 107 Å². The van der Waals surface area contributed by atoms with Crippen molar-refractivity contribution >= 4 is 37.6 Å². The van der Waals surface area contributed by atoms with Crippen molar-refractivity contribution in [2.75, 3.05) is 10.6 Å². The van der Waals surface area contributed by atoms with Gasteiger partial charge < -0.3 is 19.0 Å². The van der Waals surface area contributed by atoms with Gasteiger partial charge >= 0.3 is 26.3 Å². The highest BCUT2D eigenvalue weighted by Crippen LogP contribution is 2.28. The van der Waals surface area contributed by atoms with Gasteiger partial charge in [-0.2, -0.15) is 16.8 Å². The number of rotatable bonds is 8. The van der Waals surface area contributed by atoms with Crippen molar-refractivity contribution in [3.8, 4) is 11.5 Å². The fourth-order valence-electron chi connectivity index (χ4n) is 3.34. The van der Waals surface area contributed by atoms with Crippen molar-refractivity contribution < 1.29 is 30.0 Å². The number of carbonyl (C=O) groups is 1. The normalized spacial score (nSPS) is 11.4. The van der Waals surface area contributed by atoms with Crippen LogP contribution in [0, 0.1) is 13.8 Å². The number of nitrogens with one attached hydrogen (secondary N) is 2. The summed E-state index contributed by atoms with van der Waals surface area (Å²) in [5.41, 5.74) is 1.66. The summed E-state index contributed by atoms with van der Waals surface area (Å²) in [7, 11) is -8.13. The van der Waals surface area contributed by atoms with Crippen LogP contribution in [0.4, 0.5) is 16.2 Å². The predicted octanol–water partition coefficient (Wildman–Crippen LogP) is 5.48. The molecule has 0 radical (unpaired) electrons. The summed E-state index contributed by atoms with van der Waals surface area (Å²) in [6, 6.07) is 24.0. The molecule has 0 bridgehead atoms. The lowest BCUT2D eigenvalue weighted by Crippen LogP contribution is -2.20. The smallest absolute Gasteiger partial charge is 0.339 e. The zero-order chi connectivity index (χ0) is 27.3. The number of hydrogen-bond donors (Lipinski definition) is 2. The van der Waals surface area contributed by atoms with Gasteiger partial charge in [0, 0.05) is 23.5 Å². The first-order valence-electron chi connectivity index (χ1n) is 11.3. The lowest BCUT2D eigenvalue weighted by atomic mass is 10.2. The lowest BCUT2D eigenvalue weighted by Gasteiger charge is -2.14. The molecular weight excluding hydrogens is 528 g/mol. The van der Waals surface area contributed by atoms with Crippen LogP contribution in [0.1, 0.15) is 11.1 Å². The highest BCUT2D eigenvalue weighted by molar-refractivity contribution is 7.87. The van der Waals surface area contributed by atoms with E-state index in [9.17, 15) is 21.6 Å². The number of carbonyl (C=O) groups excluding carboxylic acids is 1. The minimum atomic E-state index is -4.06. The van der Waals surface area contributed by atoms with E-state index in [2.05, 4.69) is 10.6 Å². The minimum absolute atomic E-state index is 0.00202. The van der Waals surface area contributed by atoms with E-state index in [1.54, 1.807) is 74.5 Å². The lowest BCUT2D eigenvalue weighted by molar-refractivity contribution is 0.262. The molecule has 0 saturated heterocycles. The summed E-state index contributed by atoms with van der Waals surface area (Å²) in [5, 5.41) is 5.22. The van der Waals surface area contributed by atoms with E-state index in [1.165, 1.54) is 36.4 Å². The monoisotopic (exact) mass is 552 g/mol. The van der Waals surface area contributed by atoms with Gasteiger partial charge in [0.1, 0.15) is 21.3 Å². The van der Waals surface area contributed by atoms with Crippen molar-refractivity contribution in [2.24, 2.45) is 0 Å². The van der Waals surface area contributed by atoms with Gasteiger partial charge in [-0.15, -0.1) is 0 Å². The average molecular weight is 553 g/mol. The summed E-state index contributed by atoms with van der Waals surface area (Å²) in [4.78, 5) is 12.7. The molecule has 38 heavy (non-hydrogen) atoms. The van der Waals surface area contributed by atoms with Crippen LogP contribution in [0.3, 0.4) is 0 Å². The van der Waals surface area contributed by atoms with Crippen LogP contribution >= 0.6 is 0 Å². The highest BCUT2D eigenvalue weighted by atomic mass is 32.2. The molecule has 4 aromatic carbocycles. The maximum absolute atomic E-state index is 12.6. The number of benzene rings is 4. The Labute approximate surface area is 221 Å². The molecule has 0 fully saturated rings. The molecule has 4 aromatic rings. The van der Waals surface area contributed by atoms with Crippen molar-refractivity contribution in [1.82, 2.24) is 0 Å². The predicted molar refractivity (Wildman–Crippen MR) is 144 cm³/mol. The number of anilines is 2. The van der Waals surface area contributed by atoms with Gasteiger partial charge in [-0.1, -0.05) is 48.5 Å². The van der Waals surface area contributed by atoms with Crippen molar-refractivity contribution in [2.45, 2.75) is 23.6 Å². The van der Waals surface area contributed by atoms with Crippen LogP contribution in [-0.2, 0) is 20.2 Å². The first kappa shape index (κ1) is 26.7. The number of aryl methyl sites for hydroxylation is 2. The Kier molecular flexibility index (Phi) is 7.70. The van der Waals surface area contributed by atoms with E-state index < -0.39 is 26.3 Å². The van der Waals surface area contributed by atoms with Gasteiger partial charge in [-0.25, -0.2) is 4.79 Å². The number of hydrogen-bond acceptors (Lipinski definition) is 7. The molecule has 2 amide bonds. The molecule has 0 aliphatic rings. The van der Waals surface area contributed by atoms with Gasteiger partial charge in [0.2, 0.25) is 0 Å². The molecule has 0 aliphatic heterocycles. The van der Waals surface area contributed by atoms with Crippen LogP contribution in [0.25, 0.3) is 0 Å². The molecule has 0 saturated carbocycles. The second-order valence-corrected chi connectivity index (χ2v) is 11.3. The van der Waals surface area contributed by atoms with E-state index >= 15 is 0 Å². The van der Waals surface area contributed by atoms with Gasteiger partial charge in [0.15, 0.2) is 0 Å². The third-order valence-electron chi connectivity index (χ3n) is 5.35. The number of urea groups is 1. The summed E-state index contributed by atoms with van der Waals surface area (Å²) in [6.45, 7) is 3.36. The van der Waals surface area contributed by atoms with Crippen LogP contribution < -0.4 is 19.0 Å². The Balaban J connectivity index is 1.47. The van der Waals surface area contributed by atoms with E-state index in [-0.39, 0.29) is 32.7 Å². The molecule has 0 atom stereocenters. The zero-order valence-corrected chi connectivity index (χ0v) is 22.0. The molecule has 11 heteroatoms. The standard InChI is InChI=1S/C27H24N2O7S2/c1-19-13-15-21(17-25(19)35-37(31,32)23-9-5-3-6-10-23)28-27(30)29-22-16-14-20(2)26(18-22)36-38(33,34)24-11-7-4-8-12-24/h3-18H,1-2H3,(H2,28,29,30). The van der Waals surface area contributed by atoms with Gasteiger partial charge in [-0.3, -0.25) is 0 Å². The van der Waals surface area contributed by atoms with Crippen LogP contribution in [0.5, 0.6) is 11.5 Å². The molecule has 2 N–H and O–H groups in total. The molecule has 0 aliphatic carbocycles. The Morgan fingerprint density at radius 3 is 1.32 bits per heavy atom. The van der Waals surface area contributed by atoms with Crippen molar-refractivity contribution in [3.63, 3.8) is 0 Å². The van der Waals surface area contributed by atoms with Crippen LogP contribution in [-0.4, -0.2) is 22.9 Å². The number of amides is 2. The molecule has 0 spiro atoms. The SMILES string of the molecule is Cc1ccc(NC(=O)Nc2ccc(C)c(OS(=O)(=O)c3ccccc3)c2)cc1OS(=O)(=O)c1ccccc1. The second kappa shape index (κ2) is 11.0. The Morgan fingerprint density at radius 2 is 0.947 bits per heavy atom. The topological polar surface area (TPSA) is 128 Å². The Bertz CT molecular complexity index is 1550. The maximum Gasteiger partial charge on any atom is 0.339 e. The molecule has 196 valence electrons. The summed E-state index contributed by atoms with van der Waals surface area (Å²) < 4.78 is 61.0. The summed E-state index contributed by atoms with van der Waals surface area (Å²) in [5.74, 6) is 0.118. The molecule has 9 nitrogen and oxygen atoms in total. The molecule has 4 rings (SSSR count). The van der Waals surface area contributed by atoms with Gasteiger partial charge in [0.05, 0.1) is 0 Å². The average Bonchev–Trinajstić information content (AvgIpc) is 2.89. The molecule has 0 unspecified atom stereocenters. The van der Waals surface area contributed by atoms with E-state index in [1.807, 2.05) is 0 Å². The summed E-state index contributed by atoms with van der Waals surface area (Å²) >= 11 is 0. The molecule has 0 heterocycles. The molecular formula is C27H24N2O7S2. The van der Waals surface area contributed by atoms with Gasteiger partial charge in [0.25, 0.3) is 0 Å². The minimum Gasteiger partial charge on any atom is -0.379 e. The largest absolute Gasteiger partial charge is 0.379 e. The first-order chi connectivity index (χ1) is 18.0. The summed E-state index contributed by atoms with van der Waals surface area (Å²) in [6.07, 6.45) is 0. The molecule has 0 aromatic heterocycles. The van der Waals surface area contributed by atoms with E-state index in [4.69, 9.17) is 8.37 Å². The first-order valence-corrected chi connectivity index (χ1v) is 14.1. The fourth-order valence-corrected chi connectivity index (χ4v) is 5.34.